The van der Waals surface area contributed by atoms with Crippen molar-refractivity contribution in [1.29, 1.82) is 0 Å². The van der Waals surface area contributed by atoms with Crippen LogP contribution in [0.25, 0.3) is 0 Å². The zero-order valence-electron chi connectivity index (χ0n) is 18.8. The maximum Gasteiger partial charge on any atom is 0.252 e. The Morgan fingerprint density at radius 3 is 2.53 bits per heavy atom. The van der Waals surface area contributed by atoms with Gasteiger partial charge < -0.3 is 20.1 Å². The van der Waals surface area contributed by atoms with E-state index in [0.29, 0.717) is 49.0 Å². The first-order valence-corrected chi connectivity index (χ1v) is 10.8. The van der Waals surface area contributed by atoms with Crippen LogP contribution in [0.4, 0.5) is 0 Å². The zero-order valence-corrected chi connectivity index (χ0v) is 18.8. The fourth-order valence-corrected chi connectivity index (χ4v) is 4.49. The van der Waals surface area contributed by atoms with E-state index < -0.39 is 5.91 Å². The Hall–Kier alpha value is -3.20. The van der Waals surface area contributed by atoms with Crippen molar-refractivity contribution in [2.75, 3.05) is 40.4 Å². The Morgan fingerprint density at radius 1 is 1.16 bits per heavy atom. The highest BCUT2D eigenvalue weighted by atomic mass is 16.5. The highest BCUT2D eigenvalue weighted by molar-refractivity contribution is 5.93. The first kappa shape index (κ1) is 22.0. The van der Waals surface area contributed by atoms with E-state index in [1.165, 1.54) is 17.3 Å². The number of carbonyl (C=O) groups excluding carboxylic acids is 2. The lowest BCUT2D eigenvalue weighted by atomic mass is 9.99. The number of likely N-dealkylation sites (tertiary alicyclic amines) is 1. The summed E-state index contributed by atoms with van der Waals surface area (Å²) in [6.45, 7) is 4.92. The van der Waals surface area contributed by atoms with Crippen LogP contribution in [0.5, 0.6) is 11.5 Å². The Kier molecular flexibility index (Phi) is 6.27. The minimum Gasteiger partial charge on any atom is -0.493 e. The van der Waals surface area contributed by atoms with Crippen LogP contribution in [0.3, 0.4) is 0 Å². The van der Waals surface area contributed by atoms with Gasteiger partial charge in [-0.2, -0.15) is 0 Å². The van der Waals surface area contributed by atoms with Crippen molar-refractivity contribution >= 4 is 11.8 Å². The number of hydrogen-bond acceptors (Lipinski definition) is 7. The van der Waals surface area contributed by atoms with Gasteiger partial charge in [0, 0.05) is 38.3 Å². The van der Waals surface area contributed by atoms with Gasteiger partial charge in [0.05, 0.1) is 32.0 Å². The summed E-state index contributed by atoms with van der Waals surface area (Å²) in [4.78, 5) is 37.2. The number of aryl methyl sites for hydroxylation is 1. The van der Waals surface area contributed by atoms with Gasteiger partial charge in [-0.25, -0.2) is 9.97 Å². The Bertz CT molecular complexity index is 1040. The van der Waals surface area contributed by atoms with Crippen LogP contribution < -0.4 is 15.2 Å². The molecule has 2 amide bonds. The van der Waals surface area contributed by atoms with Crippen molar-refractivity contribution in [3.63, 3.8) is 0 Å². The molecule has 4 rings (SSSR count). The molecular weight excluding hydrogens is 410 g/mol. The number of hydrogen-bond donors (Lipinski definition) is 1. The number of amides is 2. The van der Waals surface area contributed by atoms with Gasteiger partial charge in [0.1, 0.15) is 5.82 Å². The summed E-state index contributed by atoms with van der Waals surface area (Å²) < 4.78 is 10.8. The third-order valence-corrected chi connectivity index (χ3v) is 6.33. The standard InChI is InChI=1S/C23H29N5O4/c1-14-18(22(24)30)10-25-23(26-14)16-5-7-28(12-16)21(29)13-27-6-4-15-8-19(31-2)20(32-3)9-17(15)11-27/h8-10,16H,4-7,11-13H2,1-3H3,(H2,24,30). The number of benzene rings is 1. The molecule has 1 atom stereocenters. The third kappa shape index (κ3) is 4.38. The maximum absolute atomic E-state index is 13.0. The van der Waals surface area contributed by atoms with Crippen LogP contribution in [0.15, 0.2) is 18.3 Å². The van der Waals surface area contributed by atoms with E-state index in [4.69, 9.17) is 15.2 Å². The molecule has 1 aromatic heterocycles. The van der Waals surface area contributed by atoms with E-state index in [1.54, 1.807) is 21.1 Å². The molecule has 32 heavy (non-hydrogen) atoms. The molecule has 9 nitrogen and oxygen atoms in total. The van der Waals surface area contributed by atoms with Crippen LogP contribution >= 0.6 is 0 Å². The fourth-order valence-electron chi connectivity index (χ4n) is 4.49. The number of fused-ring (bicyclic) bond motifs is 1. The highest BCUT2D eigenvalue weighted by Crippen LogP contribution is 2.33. The average molecular weight is 440 g/mol. The van der Waals surface area contributed by atoms with Gasteiger partial charge in [0.15, 0.2) is 11.5 Å². The Balaban J connectivity index is 1.37. The first-order valence-electron chi connectivity index (χ1n) is 10.8. The SMILES string of the molecule is COc1cc2c(cc1OC)CN(CC(=O)N1CCC(c3ncc(C(N)=O)c(C)n3)C1)CC2. The monoisotopic (exact) mass is 439 g/mol. The lowest BCUT2D eigenvalue weighted by Gasteiger charge is -2.30. The van der Waals surface area contributed by atoms with Crippen LogP contribution in [0.1, 0.15) is 45.3 Å². The molecule has 2 aliphatic heterocycles. The second-order valence-electron chi connectivity index (χ2n) is 8.35. The number of rotatable bonds is 6. The number of methoxy groups -OCH3 is 2. The molecule has 1 saturated heterocycles. The number of carbonyl (C=O) groups is 2. The zero-order chi connectivity index (χ0) is 22.8. The molecule has 170 valence electrons. The van der Waals surface area contributed by atoms with Gasteiger partial charge in [-0.1, -0.05) is 0 Å². The lowest BCUT2D eigenvalue weighted by molar-refractivity contribution is -0.131. The van der Waals surface area contributed by atoms with Gasteiger partial charge in [-0.15, -0.1) is 0 Å². The summed E-state index contributed by atoms with van der Waals surface area (Å²) in [5, 5.41) is 0. The molecule has 0 spiro atoms. The van der Waals surface area contributed by atoms with Crippen LogP contribution in [-0.2, 0) is 17.8 Å². The van der Waals surface area contributed by atoms with E-state index in [-0.39, 0.29) is 11.8 Å². The number of nitrogens with zero attached hydrogens (tertiary/aromatic N) is 4. The van der Waals surface area contributed by atoms with Crippen molar-refractivity contribution in [1.82, 2.24) is 19.8 Å². The number of nitrogens with two attached hydrogens (primary N) is 1. The largest absolute Gasteiger partial charge is 0.493 e. The summed E-state index contributed by atoms with van der Waals surface area (Å²) in [6.07, 6.45) is 3.16. The van der Waals surface area contributed by atoms with Crippen LogP contribution in [-0.4, -0.2) is 72.0 Å². The van der Waals surface area contributed by atoms with Gasteiger partial charge in [-0.05, 0) is 43.0 Å². The van der Waals surface area contributed by atoms with Crippen molar-refractivity contribution in [3.8, 4) is 11.5 Å². The summed E-state index contributed by atoms with van der Waals surface area (Å²) in [7, 11) is 3.27. The minimum absolute atomic E-state index is 0.0679. The van der Waals surface area contributed by atoms with E-state index in [0.717, 1.165) is 25.1 Å². The molecule has 2 N–H and O–H groups in total. The lowest BCUT2D eigenvalue weighted by Crippen LogP contribution is -2.41. The topological polar surface area (TPSA) is 111 Å². The Morgan fingerprint density at radius 2 is 1.88 bits per heavy atom. The highest BCUT2D eigenvalue weighted by Gasteiger charge is 2.31. The molecule has 0 aliphatic carbocycles. The van der Waals surface area contributed by atoms with Crippen molar-refractivity contribution < 1.29 is 19.1 Å². The second kappa shape index (κ2) is 9.12. The summed E-state index contributed by atoms with van der Waals surface area (Å²) in [6, 6.07) is 4.04. The summed E-state index contributed by atoms with van der Waals surface area (Å²) in [5.74, 6) is 1.76. The molecule has 2 aromatic rings. The molecule has 2 aliphatic rings. The molecule has 9 heteroatoms. The van der Waals surface area contributed by atoms with Gasteiger partial charge in [0.2, 0.25) is 5.91 Å². The summed E-state index contributed by atoms with van der Waals surface area (Å²) >= 11 is 0. The van der Waals surface area contributed by atoms with Gasteiger partial charge in [-0.3, -0.25) is 14.5 Å². The third-order valence-electron chi connectivity index (χ3n) is 6.33. The summed E-state index contributed by atoms with van der Waals surface area (Å²) in [5.41, 5.74) is 8.65. The molecule has 1 aromatic carbocycles. The number of aromatic nitrogens is 2. The van der Waals surface area contributed by atoms with Crippen molar-refractivity contribution in [3.05, 3.63) is 46.5 Å². The van der Waals surface area contributed by atoms with E-state index >= 15 is 0 Å². The van der Waals surface area contributed by atoms with Crippen LogP contribution in [0, 0.1) is 6.92 Å². The average Bonchev–Trinajstić information content (AvgIpc) is 3.28. The number of ether oxygens (including phenoxy) is 2. The molecule has 0 radical (unpaired) electrons. The van der Waals surface area contributed by atoms with E-state index in [2.05, 4.69) is 14.9 Å². The maximum atomic E-state index is 13.0. The normalized spacial score (nSPS) is 18.3. The quantitative estimate of drug-likeness (QED) is 0.722. The van der Waals surface area contributed by atoms with Gasteiger partial charge >= 0.3 is 0 Å². The smallest absolute Gasteiger partial charge is 0.252 e. The number of primary amides is 1. The molecule has 1 fully saturated rings. The molecule has 0 saturated carbocycles. The van der Waals surface area contributed by atoms with E-state index in [1.807, 2.05) is 17.0 Å². The van der Waals surface area contributed by atoms with E-state index in [9.17, 15) is 9.59 Å². The molecule has 0 bridgehead atoms. The van der Waals surface area contributed by atoms with Gasteiger partial charge in [0.25, 0.3) is 5.91 Å². The second-order valence-corrected chi connectivity index (χ2v) is 8.35. The predicted octanol–water partition coefficient (Wildman–Crippen LogP) is 1.28. The molecular formula is C23H29N5O4. The fraction of sp³-hybridized carbons (Fsp3) is 0.478. The predicted molar refractivity (Wildman–Crippen MR) is 118 cm³/mol. The first-order chi connectivity index (χ1) is 15.4. The molecule has 1 unspecified atom stereocenters. The minimum atomic E-state index is -0.531. The van der Waals surface area contributed by atoms with Crippen molar-refractivity contribution in [2.45, 2.75) is 32.2 Å². The van der Waals surface area contributed by atoms with Crippen molar-refractivity contribution in [2.24, 2.45) is 5.73 Å². The van der Waals surface area contributed by atoms with Crippen LogP contribution in [0.2, 0.25) is 0 Å². The Labute approximate surface area is 187 Å². The molecule has 3 heterocycles.